The van der Waals surface area contributed by atoms with Gasteiger partial charge < -0.3 is 10.6 Å². The van der Waals surface area contributed by atoms with Gasteiger partial charge in [-0.05, 0) is 36.8 Å². The highest BCUT2D eigenvalue weighted by Gasteiger charge is 2.12. The van der Waals surface area contributed by atoms with Gasteiger partial charge in [0.15, 0.2) is 0 Å². The van der Waals surface area contributed by atoms with Crippen molar-refractivity contribution >= 4 is 11.6 Å². The van der Waals surface area contributed by atoms with Crippen LogP contribution >= 0.6 is 0 Å². The van der Waals surface area contributed by atoms with E-state index < -0.39 is 0 Å². The Bertz CT molecular complexity index is 539. The predicted molar refractivity (Wildman–Crippen MR) is 73.9 cm³/mol. The number of hydrogen-bond acceptors (Lipinski definition) is 4. The van der Waals surface area contributed by atoms with Crippen LogP contribution in [0.5, 0.6) is 0 Å². The molecule has 0 aliphatic heterocycles. The van der Waals surface area contributed by atoms with Crippen molar-refractivity contribution in [2.24, 2.45) is 0 Å². The standard InChI is InChI=1S/C14H16N4O/c1-10(11-5-7-16-8-6-11)18-14(19)13-4-3-12(15-2)9-17-13/h3-10,15H,1-2H3,(H,18,19). The number of nitrogens with one attached hydrogen (secondary N) is 2. The summed E-state index contributed by atoms with van der Waals surface area (Å²) in [4.78, 5) is 20.1. The second kappa shape index (κ2) is 5.95. The number of hydrogen-bond donors (Lipinski definition) is 2. The summed E-state index contributed by atoms with van der Waals surface area (Å²) in [6.07, 6.45) is 5.04. The van der Waals surface area contributed by atoms with Crippen molar-refractivity contribution in [1.82, 2.24) is 15.3 Å². The minimum absolute atomic E-state index is 0.0822. The van der Waals surface area contributed by atoms with Crippen LogP contribution in [0.15, 0.2) is 42.9 Å². The van der Waals surface area contributed by atoms with Crippen molar-refractivity contribution in [3.8, 4) is 0 Å². The summed E-state index contributed by atoms with van der Waals surface area (Å²) in [5.74, 6) is -0.188. The molecule has 1 unspecified atom stereocenters. The molecule has 0 fully saturated rings. The maximum absolute atomic E-state index is 12.0. The number of pyridine rings is 2. The van der Waals surface area contributed by atoms with Gasteiger partial charge in [0, 0.05) is 19.4 Å². The number of nitrogens with zero attached hydrogens (tertiary/aromatic N) is 2. The van der Waals surface area contributed by atoms with Crippen LogP contribution in [-0.2, 0) is 0 Å². The van der Waals surface area contributed by atoms with Gasteiger partial charge >= 0.3 is 0 Å². The van der Waals surface area contributed by atoms with Gasteiger partial charge in [-0.3, -0.25) is 9.78 Å². The molecule has 19 heavy (non-hydrogen) atoms. The molecule has 0 spiro atoms. The molecule has 98 valence electrons. The Hall–Kier alpha value is -2.43. The van der Waals surface area contributed by atoms with Gasteiger partial charge in [-0.2, -0.15) is 0 Å². The first-order chi connectivity index (χ1) is 9.20. The molecule has 2 aromatic rings. The molecule has 5 heteroatoms. The molecule has 2 aromatic heterocycles. The van der Waals surface area contributed by atoms with Crippen molar-refractivity contribution in [3.05, 3.63) is 54.1 Å². The smallest absolute Gasteiger partial charge is 0.270 e. The Morgan fingerprint density at radius 1 is 1.21 bits per heavy atom. The third-order valence-corrected chi connectivity index (χ3v) is 2.84. The van der Waals surface area contributed by atoms with Crippen LogP contribution in [0.1, 0.15) is 29.0 Å². The molecule has 0 aliphatic rings. The quantitative estimate of drug-likeness (QED) is 0.878. The summed E-state index contributed by atoms with van der Waals surface area (Å²) in [5.41, 5.74) is 2.29. The van der Waals surface area contributed by atoms with Crippen LogP contribution in [0.4, 0.5) is 5.69 Å². The Labute approximate surface area is 112 Å². The van der Waals surface area contributed by atoms with E-state index >= 15 is 0 Å². The molecule has 1 amide bonds. The summed E-state index contributed by atoms with van der Waals surface area (Å²) in [6.45, 7) is 1.93. The first-order valence-electron chi connectivity index (χ1n) is 6.05. The molecule has 2 N–H and O–H groups in total. The fourth-order valence-corrected chi connectivity index (χ4v) is 1.68. The molecular weight excluding hydrogens is 240 g/mol. The summed E-state index contributed by atoms with van der Waals surface area (Å²) >= 11 is 0. The Kier molecular flexibility index (Phi) is 4.07. The third-order valence-electron chi connectivity index (χ3n) is 2.84. The van der Waals surface area contributed by atoms with Crippen LogP contribution in [-0.4, -0.2) is 22.9 Å². The highest BCUT2D eigenvalue weighted by Crippen LogP contribution is 2.11. The molecule has 0 aromatic carbocycles. The van der Waals surface area contributed by atoms with Crippen LogP contribution < -0.4 is 10.6 Å². The molecule has 0 saturated carbocycles. The summed E-state index contributed by atoms with van der Waals surface area (Å²) in [7, 11) is 1.81. The monoisotopic (exact) mass is 256 g/mol. The Balaban J connectivity index is 2.04. The minimum Gasteiger partial charge on any atom is -0.387 e. The Morgan fingerprint density at radius 2 is 1.95 bits per heavy atom. The maximum atomic E-state index is 12.0. The fraction of sp³-hybridized carbons (Fsp3) is 0.214. The lowest BCUT2D eigenvalue weighted by Crippen LogP contribution is -2.27. The third kappa shape index (κ3) is 3.28. The fourth-order valence-electron chi connectivity index (χ4n) is 1.68. The van der Waals surface area contributed by atoms with Crippen LogP contribution in [0.3, 0.4) is 0 Å². The number of anilines is 1. The molecule has 0 radical (unpaired) electrons. The van der Waals surface area contributed by atoms with Crippen molar-refractivity contribution in [2.45, 2.75) is 13.0 Å². The molecule has 2 heterocycles. The van der Waals surface area contributed by atoms with Gasteiger partial charge in [0.25, 0.3) is 5.91 Å². The van der Waals surface area contributed by atoms with E-state index in [4.69, 9.17) is 0 Å². The van der Waals surface area contributed by atoms with Gasteiger partial charge in [-0.1, -0.05) is 0 Å². The summed E-state index contributed by atoms with van der Waals surface area (Å²) < 4.78 is 0. The van der Waals surface area contributed by atoms with E-state index in [1.165, 1.54) is 0 Å². The van der Waals surface area contributed by atoms with Gasteiger partial charge in [0.05, 0.1) is 17.9 Å². The molecule has 0 bridgehead atoms. The average Bonchev–Trinajstić information content (AvgIpc) is 2.48. The molecule has 0 aliphatic carbocycles. The zero-order chi connectivity index (χ0) is 13.7. The number of rotatable bonds is 4. The van der Waals surface area contributed by atoms with E-state index in [0.717, 1.165) is 11.3 Å². The lowest BCUT2D eigenvalue weighted by molar-refractivity contribution is 0.0935. The summed E-state index contributed by atoms with van der Waals surface area (Å²) in [5, 5.41) is 5.86. The zero-order valence-corrected chi connectivity index (χ0v) is 10.9. The molecule has 2 rings (SSSR count). The maximum Gasteiger partial charge on any atom is 0.270 e. The molecule has 1 atom stereocenters. The average molecular weight is 256 g/mol. The van der Waals surface area contributed by atoms with Crippen molar-refractivity contribution < 1.29 is 4.79 Å². The van der Waals surface area contributed by atoms with Gasteiger partial charge in [-0.15, -0.1) is 0 Å². The lowest BCUT2D eigenvalue weighted by Gasteiger charge is -2.13. The van der Waals surface area contributed by atoms with Gasteiger partial charge in [0.2, 0.25) is 0 Å². The molecular formula is C14H16N4O. The SMILES string of the molecule is CNc1ccc(C(=O)NC(C)c2ccncc2)nc1. The van der Waals surface area contributed by atoms with Gasteiger partial charge in [0.1, 0.15) is 5.69 Å². The first-order valence-corrected chi connectivity index (χ1v) is 6.05. The number of carbonyl (C=O) groups is 1. The highest BCUT2D eigenvalue weighted by atomic mass is 16.1. The van der Waals surface area contributed by atoms with Crippen molar-refractivity contribution in [1.29, 1.82) is 0 Å². The van der Waals surface area contributed by atoms with E-state index in [1.807, 2.05) is 32.2 Å². The Morgan fingerprint density at radius 3 is 2.53 bits per heavy atom. The van der Waals surface area contributed by atoms with E-state index in [1.54, 1.807) is 24.7 Å². The largest absolute Gasteiger partial charge is 0.387 e. The second-order valence-electron chi connectivity index (χ2n) is 4.16. The highest BCUT2D eigenvalue weighted by molar-refractivity contribution is 5.92. The molecule has 0 saturated heterocycles. The predicted octanol–water partition coefficient (Wildman–Crippen LogP) is 2.01. The topological polar surface area (TPSA) is 66.9 Å². The lowest BCUT2D eigenvalue weighted by atomic mass is 10.1. The number of carbonyl (C=O) groups excluding carboxylic acids is 1. The second-order valence-corrected chi connectivity index (χ2v) is 4.16. The van der Waals surface area contributed by atoms with E-state index in [9.17, 15) is 4.79 Å². The van der Waals surface area contributed by atoms with Crippen LogP contribution in [0.25, 0.3) is 0 Å². The number of amides is 1. The van der Waals surface area contributed by atoms with Crippen LogP contribution in [0.2, 0.25) is 0 Å². The van der Waals surface area contributed by atoms with Crippen molar-refractivity contribution in [2.75, 3.05) is 12.4 Å². The zero-order valence-electron chi connectivity index (χ0n) is 10.9. The summed E-state index contributed by atoms with van der Waals surface area (Å²) in [6, 6.07) is 7.19. The van der Waals surface area contributed by atoms with E-state index in [-0.39, 0.29) is 11.9 Å². The first kappa shape index (κ1) is 13.0. The number of aromatic nitrogens is 2. The van der Waals surface area contributed by atoms with E-state index in [2.05, 4.69) is 20.6 Å². The van der Waals surface area contributed by atoms with E-state index in [0.29, 0.717) is 5.69 Å². The van der Waals surface area contributed by atoms with Crippen LogP contribution in [0, 0.1) is 0 Å². The van der Waals surface area contributed by atoms with Crippen molar-refractivity contribution in [3.63, 3.8) is 0 Å². The normalized spacial score (nSPS) is 11.7. The minimum atomic E-state index is -0.188. The molecule has 5 nitrogen and oxygen atoms in total. The van der Waals surface area contributed by atoms with Gasteiger partial charge in [-0.25, -0.2) is 4.98 Å².